The lowest BCUT2D eigenvalue weighted by Gasteiger charge is -2.06. The van der Waals surface area contributed by atoms with Crippen molar-refractivity contribution in [2.75, 3.05) is 11.1 Å². The number of amides is 1. The Labute approximate surface area is 115 Å². The highest BCUT2D eigenvalue weighted by molar-refractivity contribution is 6.30. The van der Waals surface area contributed by atoms with Crippen molar-refractivity contribution in [2.45, 2.75) is 6.61 Å². The number of nitrogens with one attached hydrogen (secondary N) is 1. The Hall–Kier alpha value is -2.11. The summed E-state index contributed by atoms with van der Waals surface area (Å²) in [5, 5.41) is 11.8. The number of pyridine rings is 1. The number of carbonyl (C=O) groups excluding carboxylic acids is 1. The second kappa shape index (κ2) is 5.69. The Bertz CT molecular complexity index is 579. The molecule has 0 spiro atoms. The van der Waals surface area contributed by atoms with Crippen molar-refractivity contribution < 1.29 is 9.90 Å². The van der Waals surface area contributed by atoms with Crippen LogP contribution in [-0.4, -0.2) is 16.0 Å². The average molecular weight is 278 g/mol. The van der Waals surface area contributed by atoms with Gasteiger partial charge in [0.1, 0.15) is 11.0 Å². The van der Waals surface area contributed by atoms with Gasteiger partial charge in [-0.2, -0.15) is 0 Å². The first-order valence-electron chi connectivity index (χ1n) is 5.52. The summed E-state index contributed by atoms with van der Waals surface area (Å²) in [6.45, 7) is -0.0370. The number of nitrogen functional groups attached to an aromatic ring is 1. The van der Waals surface area contributed by atoms with Crippen LogP contribution in [0.25, 0.3) is 0 Å². The first kappa shape index (κ1) is 13.3. The number of nitrogens with zero attached hydrogens (tertiary/aromatic N) is 1. The number of aliphatic hydroxyl groups excluding tert-OH is 1. The number of benzene rings is 1. The molecular formula is C13H12ClN3O2. The van der Waals surface area contributed by atoms with Gasteiger partial charge in [0, 0.05) is 11.3 Å². The normalized spacial score (nSPS) is 10.2. The smallest absolute Gasteiger partial charge is 0.255 e. The van der Waals surface area contributed by atoms with Gasteiger partial charge in [-0.05, 0) is 29.8 Å². The molecule has 0 unspecified atom stereocenters. The highest BCUT2D eigenvalue weighted by Crippen LogP contribution is 2.15. The summed E-state index contributed by atoms with van der Waals surface area (Å²) >= 11 is 5.74. The molecule has 2 aromatic rings. The Kier molecular flexibility index (Phi) is 3.99. The van der Waals surface area contributed by atoms with Gasteiger partial charge >= 0.3 is 0 Å². The van der Waals surface area contributed by atoms with Crippen molar-refractivity contribution in [3.05, 3.63) is 52.7 Å². The zero-order chi connectivity index (χ0) is 13.8. The van der Waals surface area contributed by atoms with Crippen LogP contribution in [-0.2, 0) is 6.61 Å². The quantitative estimate of drug-likeness (QED) is 0.749. The van der Waals surface area contributed by atoms with Crippen LogP contribution in [0.1, 0.15) is 15.9 Å². The number of rotatable bonds is 3. The molecule has 0 saturated heterocycles. The summed E-state index contributed by atoms with van der Waals surface area (Å²) < 4.78 is 0. The van der Waals surface area contributed by atoms with Crippen molar-refractivity contribution in [1.29, 1.82) is 0 Å². The molecule has 98 valence electrons. The summed E-state index contributed by atoms with van der Waals surface area (Å²) in [6.07, 6.45) is 0. The maximum atomic E-state index is 12.0. The van der Waals surface area contributed by atoms with Crippen molar-refractivity contribution in [2.24, 2.45) is 0 Å². The second-order valence-corrected chi connectivity index (χ2v) is 4.30. The Morgan fingerprint density at radius 2 is 2.00 bits per heavy atom. The molecular weight excluding hydrogens is 266 g/mol. The van der Waals surface area contributed by atoms with E-state index < -0.39 is 0 Å². The lowest BCUT2D eigenvalue weighted by atomic mass is 10.2. The largest absolute Gasteiger partial charge is 0.392 e. The molecule has 0 aliphatic heterocycles. The number of hydrogen-bond acceptors (Lipinski definition) is 4. The van der Waals surface area contributed by atoms with E-state index in [0.29, 0.717) is 11.3 Å². The van der Waals surface area contributed by atoms with Gasteiger partial charge < -0.3 is 16.2 Å². The maximum Gasteiger partial charge on any atom is 0.255 e. The van der Waals surface area contributed by atoms with E-state index in [-0.39, 0.29) is 23.5 Å². The molecule has 0 bridgehead atoms. The van der Waals surface area contributed by atoms with E-state index in [2.05, 4.69) is 10.3 Å². The molecule has 1 aromatic carbocycles. The van der Waals surface area contributed by atoms with Gasteiger partial charge in [0.2, 0.25) is 0 Å². The van der Waals surface area contributed by atoms with E-state index in [9.17, 15) is 4.79 Å². The zero-order valence-electron chi connectivity index (χ0n) is 9.93. The second-order valence-electron chi connectivity index (χ2n) is 3.91. The molecule has 0 saturated carbocycles. The van der Waals surface area contributed by atoms with Crippen LogP contribution in [0, 0.1) is 0 Å². The Balaban J connectivity index is 2.15. The fourth-order valence-electron chi connectivity index (χ4n) is 1.55. The molecule has 0 fully saturated rings. The first-order chi connectivity index (χ1) is 9.08. The van der Waals surface area contributed by atoms with Crippen molar-refractivity contribution in [3.8, 4) is 0 Å². The lowest BCUT2D eigenvalue weighted by Crippen LogP contribution is -2.12. The molecule has 1 heterocycles. The van der Waals surface area contributed by atoms with E-state index >= 15 is 0 Å². The van der Waals surface area contributed by atoms with E-state index in [1.807, 2.05) is 0 Å². The van der Waals surface area contributed by atoms with Gasteiger partial charge in [0.25, 0.3) is 5.91 Å². The molecule has 0 atom stereocenters. The Morgan fingerprint density at radius 3 is 2.58 bits per heavy atom. The molecule has 5 nitrogen and oxygen atoms in total. The third-order valence-electron chi connectivity index (χ3n) is 2.47. The minimum Gasteiger partial charge on any atom is -0.392 e. The van der Waals surface area contributed by atoms with Crippen LogP contribution >= 0.6 is 11.6 Å². The fourth-order valence-corrected chi connectivity index (χ4v) is 1.76. The van der Waals surface area contributed by atoms with Gasteiger partial charge in [-0.15, -0.1) is 0 Å². The molecule has 1 amide bonds. The van der Waals surface area contributed by atoms with Crippen LogP contribution < -0.4 is 11.1 Å². The molecule has 0 aliphatic carbocycles. The molecule has 19 heavy (non-hydrogen) atoms. The minimum atomic E-state index is -0.326. The first-order valence-corrected chi connectivity index (χ1v) is 5.90. The van der Waals surface area contributed by atoms with Gasteiger partial charge in [-0.1, -0.05) is 23.7 Å². The van der Waals surface area contributed by atoms with E-state index in [1.165, 1.54) is 12.1 Å². The van der Waals surface area contributed by atoms with Crippen LogP contribution in [0.3, 0.4) is 0 Å². The average Bonchev–Trinajstić information content (AvgIpc) is 2.38. The van der Waals surface area contributed by atoms with Crippen LogP contribution in [0.15, 0.2) is 36.4 Å². The molecule has 1 aromatic heterocycles. The monoisotopic (exact) mass is 277 g/mol. The van der Waals surface area contributed by atoms with Crippen molar-refractivity contribution >= 4 is 29.0 Å². The third-order valence-corrected chi connectivity index (χ3v) is 2.66. The summed E-state index contributed by atoms with van der Waals surface area (Å²) in [4.78, 5) is 15.8. The van der Waals surface area contributed by atoms with Crippen LogP contribution in [0.2, 0.25) is 5.15 Å². The number of carbonyl (C=O) groups is 1. The van der Waals surface area contributed by atoms with Crippen LogP contribution in [0.5, 0.6) is 0 Å². The SMILES string of the molecule is Nc1cc(C(=O)Nc2ccc(CO)cc2)cc(Cl)n1. The number of halogens is 1. The summed E-state index contributed by atoms with van der Waals surface area (Å²) in [5.41, 5.74) is 7.25. The fraction of sp³-hybridized carbons (Fsp3) is 0.0769. The standard InChI is InChI=1S/C13H12ClN3O2/c14-11-5-9(6-12(15)17-11)13(19)16-10-3-1-8(7-18)2-4-10/h1-6,18H,7H2,(H2,15,17)(H,16,19). The number of aromatic nitrogens is 1. The summed E-state index contributed by atoms with van der Waals surface area (Å²) in [5.74, 6) is -0.138. The summed E-state index contributed by atoms with van der Waals surface area (Å²) in [6, 6.07) is 9.75. The molecule has 0 radical (unpaired) electrons. The van der Waals surface area contributed by atoms with Crippen molar-refractivity contribution in [1.82, 2.24) is 4.98 Å². The lowest BCUT2D eigenvalue weighted by molar-refractivity contribution is 0.102. The van der Waals surface area contributed by atoms with Gasteiger partial charge in [0.05, 0.1) is 6.61 Å². The van der Waals surface area contributed by atoms with Gasteiger partial charge in [-0.3, -0.25) is 4.79 Å². The molecule has 2 rings (SSSR count). The predicted molar refractivity (Wildman–Crippen MR) is 74.0 cm³/mol. The number of aliphatic hydroxyl groups is 1. The van der Waals surface area contributed by atoms with Gasteiger partial charge in [0.15, 0.2) is 0 Å². The molecule has 4 N–H and O–H groups in total. The number of anilines is 2. The zero-order valence-corrected chi connectivity index (χ0v) is 10.7. The third kappa shape index (κ3) is 3.43. The predicted octanol–water partition coefficient (Wildman–Crippen LogP) is 2.06. The van der Waals surface area contributed by atoms with Crippen LogP contribution in [0.4, 0.5) is 11.5 Å². The Morgan fingerprint density at radius 1 is 1.32 bits per heavy atom. The molecule has 0 aliphatic rings. The number of hydrogen-bond donors (Lipinski definition) is 3. The topological polar surface area (TPSA) is 88.2 Å². The van der Waals surface area contributed by atoms with Gasteiger partial charge in [-0.25, -0.2) is 4.98 Å². The molecule has 6 heteroatoms. The van der Waals surface area contributed by atoms with E-state index in [4.69, 9.17) is 22.4 Å². The summed E-state index contributed by atoms with van der Waals surface area (Å²) in [7, 11) is 0. The highest BCUT2D eigenvalue weighted by atomic mass is 35.5. The number of nitrogens with two attached hydrogens (primary N) is 1. The minimum absolute atomic E-state index is 0.0370. The van der Waals surface area contributed by atoms with Crippen molar-refractivity contribution in [3.63, 3.8) is 0 Å². The highest BCUT2D eigenvalue weighted by Gasteiger charge is 2.08. The van der Waals surface area contributed by atoms with E-state index in [0.717, 1.165) is 5.56 Å². The van der Waals surface area contributed by atoms with E-state index in [1.54, 1.807) is 24.3 Å². The maximum absolute atomic E-state index is 12.0.